The summed E-state index contributed by atoms with van der Waals surface area (Å²) >= 11 is 0. The van der Waals surface area contributed by atoms with Crippen molar-refractivity contribution in [2.24, 2.45) is 0 Å². The minimum Gasteiger partial charge on any atom is -0.478 e. The summed E-state index contributed by atoms with van der Waals surface area (Å²) in [5, 5.41) is 8.46. The molecule has 1 atom stereocenters. The molecule has 0 aromatic heterocycles. The van der Waals surface area contributed by atoms with E-state index in [1.54, 1.807) is 20.1 Å². The van der Waals surface area contributed by atoms with Crippen molar-refractivity contribution in [2.45, 2.75) is 26.4 Å². The number of carboxylic acids is 1. The largest absolute Gasteiger partial charge is 0.478 e. The number of carboxylic acid groups (broad SMARTS) is 1. The van der Waals surface area contributed by atoms with Crippen LogP contribution in [0.15, 0.2) is 11.6 Å². The lowest BCUT2D eigenvalue weighted by Gasteiger charge is -2.04. The van der Waals surface area contributed by atoms with E-state index >= 15 is 0 Å². The lowest BCUT2D eigenvalue weighted by atomic mass is 10.2. The Balaban J connectivity index is 3.82. The fraction of sp³-hybridized carbons (Fsp3) is 0.625. The van der Waals surface area contributed by atoms with Crippen LogP contribution in [0.5, 0.6) is 0 Å². The molecule has 11 heavy (non-hydrogen) atoms. The third-order valence-electron chi connectivity index (χ3n) is 1.50. The van der Waals surface area contributed by atoms with Crippen LogP contribution < -0.4 is 0 Å². The molecular formula is C8H14O3. The van der Waals surface area contributed by atoms with Gasteiger partial charge in [-0.1, -0.05) is 6.08 Å². The number of ether oxygens (including phenoxy) is 1. The third kappa shape index (κ3) is 4.56. The average molecular weight is 158 g/mol. The first-order chi connectivity index (χ1) is 5.07. The summed E-state index contributed by atoms with van der Waals surface area (Å²) in [7, 11) is 1.61. The van der Waals surface area contributed by atoms with Gasteiger partial charge in [-0.25, -0.2) is 4.79 Å². The Labute approximate surface area is 66.7 Å². The van der Waals surface area contributed by atoms with Crippen LogP contribution in [0.25, 0.3) is 0 Å². The Morgan fingerprint density at radius 2 is 2.27 bits per heavy atom. The Bertz CT molecular complexity index is 161. The minimum atomic E-state index is -0.867. The maximum absolute atomic E-state index is 10.3. The summed E-state index contributed by atoms with van der Waals surface area (Å²) in [5.41, 5.74) is 0.369. The van der Waals surface area contributed by atoms with Crippen molar-refractivity contribution in [3.63, 3.8) is 0 Å². The van der Waals surface area contributed by atoms with Gasteiger partial charge in [-0.3, -0.25) is 0 Å². The van der Waals surface area contributed by atoms with Gasteiger partial charge in [0.1, 0.15) is 0 Å². The van der Waals surface area contributed by atoms with Gasteiger partial charge in [0.15, 0.2) is 0 Å². The highest BCUT2D eigenvalue weighted by Crippen LogP contribution is 2.01. The van der Waals surface area contributed by atoms with E-state index in [1.165, 1.54) is 0 Å². The molecule has 0 amide bonds. The van der Waals surface area contributed by atoms with Crippen molar-refractivity contribution >= 4 is 5.97 Å². The maximum Gasteiger partial charge on any atom is 0.330 e. The third-order valence-corrected chi connectivity index (χ3v) is 1.50. The quantitative estimate of drug-likeness (QED) is 0.630. The molecule has 0 saturated heterocycles. The molecule has 0 spiro atoms. The zero-order valence-electron chi connectivity index (χ0n) is 7.13. The normalized spacial score (nSPS) is 14.6. The van der Waals surface area contributed by atoms with Crippen LogP contribution >= 0.6 is 0 Å². The average Bonchev–Trinajstić information content (AvgIpc) is 1.99. The lowest BCUT2D eigenvalue weighted by molar-refractivity contribution is -0.132. The predicted octanol–water partition coefficient (Wildman–Crippen LogP) is 1.44. The van der Waals surface area contributed by atoms with E-state index in [0.717, 1.165) is 0 Å². The molecule has 0 bridgehead atoms. The van der Waals surface area contributed by atoms with Gasteiger partial charge >= 0.3 is 5.97 Å². The molecule has 0 rings (SSSR count). The summed E-state index contributed by atoms with van der Waals surface area (Å²) in [6, 6.07) is 0. The molecule has 3 heteroatoms. The Morgan fingerprint density at radius 3 is 2.64 bits per heavy atom. The first kappa shape index (κ1) is 10.2. The van der Waals surface area contributed by atoms with E-state index < -0.39 is 5.97 Å². The molecular weight excluding hydrogens is 144 g/mol. The highest BCUT2D eigenvalue weighted by atomic mass is 16.5. The van der Waals surface area contributed by atoms with Crippen molar-refractivity contribution in [1.29, 1.82) is 0 Å². The van der Waals surface area contributed by atoms with Crippen LogP contribution in [0.4, 0.5) is 0 Å². The topological polar surface area (TPSA) is 46.5 Å². The first-order valence-corrected chi connectivity index (χ1v) is 3.50. The molecule has 1 N–H and O–H groups in total. The zero-order valence-corrected chi connectivity index (χ0v) is 7.13. The number of carbonyl (C=O) groups is 1. The fourth-order valence-corrected chi connectivity index (χ4v) is 0.526. The molecule has 0 aliphatic rings. The number of methoxy groups -OCH3 is 1. The van der Waals surface area contributed by atoms with E-state index in [1.807, 2.05) is 6.92 Å². The van der Waals surface area contributed by atoms with Crippen LogP contribution in [-0.2, 0) is 9.53 Å². The summed E-state index contributed by atoms with van der Waals surface area (Å²) in [4.78, 5) is 10.3. The molecule has 0 saturated carbocycles. The maximum atomic E-state index is 10.3. The van der Waals surface area contributed by atoms with E-state index in [0.29, 0.717) is 12.0 Å². The molecule has 0 fully saturated rings. The van der Waals surface area contributed by atoms with Gasteiger partial charge in [0, 0.05) is 12.7 Å². The van der Waals surface area contributed by atoms with E-state index in [-0.39, 0.29) is 6.10 Å². The molecule has 0 aromatic rings. The monoisotopic (exact) mass is 158 g/mol. The number of aliphatic carboxylic acids is 1. The summed E-state index contributed by atoms with van der Waals surface area (Å²) in [6.07, 6.45) is 2.40. The van der Waals surface area contributed by atoms with Gasteiger partial charge in [0.2, 0.25) is 0 Å². The van der Waals surface area contributed by atoms with Gasteiger partial charge in [0.05, 0.1) is 6.10 Å². The van der Waals surface area contributed by atoms with Crippen LogP contribution in [-0.4, -0.2) is 24.3 Å². The summed E-state index contributed by atoms with van der Waals surface area (Å²) in [6.45, 7) is 3.47. The first-order valence-electron chi connectivity index (χ1n) is 3.50. The number of hydrogen-bond donors (Lipinski definition) is 1. The molecule has 1 unspecified atom stereocenters. The number of hydrogen-bond acceptors (Lipinski definition) is 2. The van der Waals surface area contributed by atoms with Gasteiger partial charge in [-0.05, 0) is 20.3 Å². The van der Waals surface area contributed by atoms with Crippen molar-refractivity contribution in [1.82, 2.24) is 0 Å². The van der Waals surface area contributed by atoms with Crippen LogP contribution in [0.3, 0.4) is 0 Å². The predicted molar refractivity (Wildman–Crippen MR) is 42.5 cm³/mol. The van der Waals surface area contributed by atoms with Crippen LogP contribution in [0, 0.1) is 0 Å². The Hall–Kier alpha value is -0.830. The van der Waals surface area contributed by atoms with E-state index in [2.05, 4.69) is 0 Å². The van der Waals surface area contributed by atoms with Crippen molar-refractivity contribution in [3.8, 4) is 0 Å². The highest BCUT2D eigenvalue weighted by molar-refractivity contribution is 5.85. The van der Waals surface area contributed by atoms with Gasteiger partial charge < -0.3 is 9.84 Å². The van der Waals surface area contributed by atoms with Gasteiger partial charge in [0.25, 0.3) is 0 Å². The van der Waals surface area contributed by atoms with Gasteiger partial charge in [-0.2, -0.15) is 0 Å². The second-order valence-electron chi connectivity index (χ2n) is 2.47. The van der Waals surface area contributed by atoms with Crippen LogP contribution in [0.1, 0.15) is 20.3 Å². The Kier molecular flexibility index (Phi) is 4.54. The molecule has 0 aliphatic carbocycles. The standard InChI is InChI=1S/C8H14O3/c1-6(8(9)10)4-5-7(2)11-3/h4,7H,5H2,1-3H3,(H,9,10)/b6-4+. The Morgan fingerprint density at radius 1 is 1.73 bits per heavy atom. The second-order valence-corrected chi connectivity index (χ2v) is 2.47. The minimum absolute atomic E-state index is 0.0873. The SMILES string of the molecule is COC(C)C/C=C(\C)C(=O)O. The molecule has 64 valence electrons. The molecule has 0 radical (unpaired) electrons. The summed E-state index contributed by atoms with van der Waals surface area (Å²) in [5.74, 6) is -0.867. The zero-order chi connectivity index (χ0) is 8.85. The summed E-state index contributed by atoms with van der Waals surface area (Å²) < 4.78 is 4.94. The van der Waals surface area contributed by atoms with Gasteiger partial charge in [-0.15, -0.1) is 0 Å². The fourth-order valence-electron chi connectivity index (χ4n) is 0.526. The van der Waals surface area contributed by atoms with Crippen molar-refractivity contribution in [3.05, 3.63) is 11.6 Å². The van der Waals surface area contributed by atoms with E-state index in [4.69, 9.17) is 9.84 Å². The van der Waals surface area contributed by atoms with Crippen LogP contribution in [0.2, 0.25) is 0 Å². The van der Waals surface area contributed by atoms with E-state index in [9.17, 15) is 4.79 Å². The van der Waals surface area contributed by atoms with Crippen molar-refractivity contribution in [2.75, 3.05) is 7.11 Å². The molecule has 0 aromatic carbocycles. The smallest absolute Gasteiger partial charge is 0.330 e. The number of rotatable bonds is 4. The molecule has 3 nitrogen and oxygen atoms in total. The lowest BCUT2D eigenvalue weighted by Crippen LogP contribution is -2.04. The molecule has 0 heterocycles. The van der Waals surface area contributed by atoms with Crippen molar-refractivity contribution < 1.29 is 14.6 Å². The highest BCUT2D eigenvalue weighted by Gasteiger charge is 2.00. The second kappa shape index (κ2) is 4.91. The molecule has 0 aliphatic heterocycles.